The minimum atomic E-state index is -3.21. The number of rotatable bonds is 5. The summed E-state index contributed by atoms with van der Waals surface area (Å²) in [7, 11) is -3.21. The molecule has 0 heterocycles. The molecule has 1 aromatic rings. The molecule has 116 valence electrons. The zero-order valence-electron chi connectivity index (χ0n) is 12.4. The van der Waals surface area contributed by atoms with Crippen molar-refractivity contribution in [2.75, 3.05) is 6.26 Å². The summed E-state index contributed by atoms with van der Waals surface area (Å²) in [6.07, 6.45) is 7.05. The molecular weight excluding hydrogens is 399 g/mol. The first-order chi connectivity index (χ1) is 9.79. The minimum Gasteiger partial charge on any atom is -0.299 e. The lowest BCUT2D eigenvalue weighted by Gasteiger charge is -2.19. The molecule has 3 nitrogen and oxygen atoms in total. The minimum absolute atomic E-state index is 0.102. The van der Waals surface area contributed by atoms with Gasteiger partial charge in [0.05, 0.1) is 4.90 Å². The molecule has 1 aliphatic carbocycles. The van der Waals surface area contributed by atoms with Crippen LogP contribution >= 0.6 is 22.6 Å². The van der Waals surface area contributed by atoms with E-state index < -0.39 is 9.84 Å². The molecule has 1 fully saturated rings. The normalized spacial score (nSPS) is 17.9. The van der Waals surface area contributed by atoms with Gasteiger partial charge in [-0.15, -0.1) is 0 Å². The van der Waals surface area contributed by atoms with Crippen LogP contribution in [0.5, 0.6) is 0 Å². The van der Waals surface area contributed by atoms with E-state index in [2.05, 4.69) is 0 Å². The average Bonchev–Trinajstić information content (AvgIpc) is 2.86. The number of hydrogen-bond donors (Lipinski definition) is 0. The topological polar surface area (TPSA) is 51.2 Å². The fourth-order valence-electron chi connectivity index (χ4n) is 3.15. The molecule has 0 bridgehead atoms. The van der Waals surface area contributed by atoms with Crippen molar-refractivity contribution in [2.45, 2.75) is 49.8 Å². The number of sulfone groups is 1. The Labute approximate surface area is 140 Å². The first-order valence-corrected chi connectivity index (χ1v) is 10.3. The molecule has 2 rings (SSSR count). The van der Waals surface area contributed by atoms with Crippen LogP contribution in [0.1, 0.15) is 50.5 Å². The second-order valence-corrected chi connectivity index (χ2v) is 9.16. The lowest BCUT2D eigenvalue weighted by molar-refractivity contribution is -0.118. The molecule has 0 saturated heterocycles. The quantitative estimate of drug-likeness (QED) is 0.678. The second-order valence-electron chi connectivity index (χ2n) is 6.01. The SMILES string of the molecule is CC(=O)[C@H](CC1CCCC1)c1ccc(S(C)(=O)=O)c(I)c1. The third-order valence-electron chi connectivity index (χ3n) is 4.29. The standard InChI is InChI=1S/C16H21IO3S/c1-11(18)14(9-12-5-3-4-6-12)13-7-8-16(15(17)10-13)21(2,19)20/h7-8,10,12,14H,3-6,9H2,1-2H3/t14-/m0/s1. The summed E-state index contributed by atoms with van der Waals surface area (Å²) in [5.41, 5.74) is 0.950. The van der Waals surface area contributed by atoms with Gasteiger partial charge in [-0.3, -0.25) is 4.79 Å². The van der Waals surface area contributed by atoms with Crippen LogP contribution in [-0.4, -0.2) is 20.5 Å². The average molecular weight is 420 g/mol. The number of carbonyl (C=O) groups is 1. The van der Waals surface area contributed by atoms with Gasteiger partial charge in [0.1, 0.15) is 5.78 Å². The van der Waals surface area contributed by atoms with Crippen molar-refractivity contribution in [3.63, 3.8) is 0 Å². The molecule has 5 heteroatoms. The monoisotopic (exact) mass is 420 g/mol. The van der Waals surface area contributed by atoms with Crippen LogP contribution < -0.4 is 0 Å². The predicted molar refractivity (Wildman–Crippen MR) is 92.3 cm³/mol. The van der Waals surface area contributed by atoms with Crippen molar-refractivity contribution >= 4 is 38.2 Å². The van der Waals surface area contributed by atoms with Crippen LogP contribution in [0, 0.1) is 9.49 Å². The van der Waals surface area contributed by atoms with Crippen molar-refractivity contribution < 1.29 is 13.2 Å². The molecule has 21 heavy (non-hydrogen) atoms. The van der Waals surface area contributed by atoms with Gasteiger partial charge in [0.2, 0.25) is 0 Å². The van der Waals surface area contributed by atoms with Crippen molar-refractivity contribution in [2.24, 2.45) is 5.92 Å². The van der Waals surface area contributed by atoms with Crippen LogP contribution in [0.15, 0.2) is 23.1 Å². The Hall–Kier alpha value is -0.430. The van der Waals surface area contributed by atoms with E-state index in [0.29, 0.717) is 14.4 Å². The van der Waals surface area contributed by atoms with Crippen LogP contribution in [-0.2, 0) is 14.6 Å². The van der Waals surface area contributed by atoms with Gasteiger partial charge in [0, 0.05) is 15.7 Å². The highest BCUT2D eigenvalue weighted by Gasteiger charge is 2.25. The Morgan fingerprint density at radius 1 is 1.33 bits per heavy atom. The van der Waals surface area contributed by atoms with Crippen LogP contribution in [0.3, 0.4) is 0 Å². The largest absolute Gasteiger partial charge is 0.299 e. The molecule has 1 atom stereocenters. The highest BCUT2D eigenvalue weighted by Crippen LogP contribution is 2.35. The first kappa shape index (κ1) is 16.9. The predicted octanol–water partition coefficient (Wildman–Crippen LogP) is 3.95. The van der Waals surface area contributed by atoms with Gasteiger partial charge >= 0.3 is 0 Å². The Morgan fingerprint density at radius 3 is 2.43 bits per heavy atom. The zero-order valence-corrected chi connectivity index (χ0v) is 15.4. The Balaban J connectivity index is 2.28. The fourth-order valence-corrected chi connectivity index (χ4v) is 5.62. The molecule has 0 aromatic heterocycles. The summed E-state index contributed by atoms with van der Waals surface area (Å²) < 4.78 is 24.1. The maximum Gasteiger partial charge on any atom is 0.176 e. The number of hydrogen-bond acceptors (Lipinski definition) is 3. The van der Waals surface area contributed by atoms with Gasteiger partial charge in [-0.25, -0.2) is 8.42 Å². The van der Waals surface area contributed by atoms with E-state index in [1.807, 2.05) is 28.7 Å². The van der Waals surface area contributed by atoms with E-state index in [0.717, 1.165) is 12.0 Å². The van der Waals surface area contributed by atoms with Gasteiger partial charge in [-0.05, 0) is 59.5 Å². The van der Waals surface area contributed by atoms with E-state index in [4.69, 9.17) is 0 Å². The summed E-state index contributed by atoms with van der Waals surface area (Å²) in [4.78, 5) is 12.3. The fraction of sp³-hybridized carbons (Fsp3) is 0.562. The summed E-state index contributed by atoms with van der Waals surface area (Å²) in [5.74, 6) is 0.700. The van der Waals surface area contributed by atoms with Gasteiger partial charge in [0.15, 0.2) is 9.84 Å². The molecule has 0 amide bonds. The molecule has 0 unspecified atom stereocenters. The van der Waals surface area contributed by atoms with Crippen molar-refractivity contribution in [1.82, 2.24) is 0 Å². The van der Waals surface area contributed by atoms with Crippen molar-refractivity contribution in [3.05, 3.63) is 27.3 Å². The lowest BCUT2D eigenvalue weighted by atomic mass is 9.85. The number of benzene rings is 1. The van der Waals surface area contributed by atoms with Gasteiger partial charge in [-0.2, -0.15) is 0 Å². The van der Waals surface area contributed by atoms with Crippen LogP contribution in [0.25, 0.3) is 0 Å². The highest BCUT2D eigenvalue weighted by molar-refractivity contribution is 14.1. The lowest BCUT2D eigenvalue weighted by Crippen LogP contribution is -2.14. The number of carbonyl (C=O) groups excluding carboxylic acids is 1. The molecule has 1 aliphatic rings. The van der Waals surface area contributed by atoms with E-state index in [1.165, 1.54) is 31.9 Å². The van der Waals surface area contributed by atoms with Gasteiger partial charge in [0.25, 0.3) is 0 Å². The van der Waals surface area contributed by atoms with E-state index in [-0.39, 0.29) is 11.7 Å². The van der Waals surface area contributed by atoms with Crippen LogP contribution in [0.2, 0.25) is 0 Å². The Morgan fingerprint density at radius 2 is 1.95 bits per heavy atom. The van der Waals surface area contributed by atoms with E-state index >= 15 is 0 Å². The third kappa shape index (κ3) is 4.28. The van der Waals surface area contributed by atoms with Gasteiger partial charge in [-0.1, -0.05) is 31.7 Å². The Bertz CT molecular complexity index is 631. The molecule has 1 aromatic carbocycles. The van der Waals surface area contributed by atoms with Crippen LogP contribution in [0.4, 0.5) is 0 Å². The first-order valence-electron chi connectivity index (χ1n) is 7.29. The third-order valence-corrected chi connectivity index (χ3v) is 6.71. The highest BCUT2D eigenvalue weighted by atomic mass is 127. The Kier molecular flexibility index (Phi) is 5.46. The molecule has 0 aliphatic heterocycles. The van der Waals surface area contributed by atoms with Crippen molar-refractivity contribution in [3.8, 4) is 0 Å². The molecular formula is C16H21IO3S. The number of halogens is 1. The van der Waals surface area contributed by atoms with Gasteiger partial charge < -0.3 is 0 Å². The smallest absolute Gasteiger partial charge is 0.176 e. The van der Waals surface area contributed by atoms with E-state index in [1.54, 1.807) is 19.1 Å². The van der Waals surface area contributed by atoms with E-state index in [9.17, 15) is 13.2 Å². The second kappa shape index (κ2) is 6.77. The zero-order chi connectivity index (χ0) is 15.6. The summed E-state index contributed by atoms with van der Waals surface area (Å²) in [6, 6.07) is 5.30. The molecule has 1 saturated carbocycles. The summed E-state index contributed by atoms with van der Waals surface area (Å²) >= 11 is 2.04. The molecule has 0 radical (unpaired) electrons. The van der Waals surface area contributed by atoms with Crippen molar-refractivity contribution in [1.29, 1.82) is 0 Å². The maximum absolute atomic E-state index is 12.0. The molecule has 0 N–H and O–H groups in total. The number of ketones is 1. The summed E-state index contributed by atoms with van der Waals surface area (Å²) in [5, 5.41) is 0. The summed E-state index contributed by atoms with van der Waals surface area (Å²) in [6.45, 7) is 1.64. The number of Topliss-reactive ketones (excluding diaryl/α,β-unsaturated/α-hetero) is 1. The molecule has 0 spiro atoms. The maximum atomic E-state index is 12.0.